The van der Waals surface area contributed by atoms with Gasteiger partial charge in [0.2, 0.25) is 12.7 Å². The zero-order chi connectivity index (χ0) is 20.9. The number of carbonyl (C=O) groups excluding carboxylic acids is 3. The van der Waals surface area contributed by atoms with Crippen LogP contribution < -0.4 is 5.32 Å². The molecule has 0 bridgehead atoms. The molecule has 0 saturated carbocycles. The van der Waals surface area contributed by atoms with E-state index in [1.165, 1.54) is 7.11 Å². The molecule has 0 unspecified atom stereocenters. The van der Waals surface area contributed by atoms with Gasteiger partial charge in [0.1, 0.15) is 0 Å². The number of amides is 1. The maximum absolute atomic E-state index is 12.6. The number of nitrogens with one attached hydrogen (secondary N) is 1. The summed E-state index contributed by atoms with van der Waals surface area (Å²) in [6.45, 7) is 7.68. The molecule has 1 fully saturated rings. The van der Waals surface area contributed by atoms with Crippen LogP contribution in [0.3, 0.4) is 0 Å². The molecule has 1 rings (SSSR count). The number of esters is 2. The number of carbonyl (C=O) groups is 3. The highest BCUT2D eigenvalue weighted by atomic mass is 31.2. The van der Waals surface area contributed by atoms with Crippen LogP contribution in [0.4, 0.5) is 0 Å². The third kappa shape index (κ3) is 7.21. The third-order valence-electron chi connectivity index (χ3n) is 3.65. The van der Waals surface area contributed by atoms with Gasteiger partial charge in [0.25, 0.3) is 0 Å². The van der Waals surface area contributed by atoms with Crippen LogP contribution in [0.2, 0.25) is 0 Å². The lowest BCUT2D eigenvalue weighted by Gasteiger charge is -2.39. The van der Waals surface area contributed by atoms with Crippen LogP contribution in [0.1, 0.15) is 41.0 Å². The minimum absolute atomic E-state index is 0.0111. The van der Waals surface area contributed by atoms with Crippen molar-refractivity contribution in [3.8, 4) is 0 Å². The van der Waals surface area contributed by atoms with E-state index in [0.717, 1.165) is 0 Å². The predicted molar refractivity (Wildman–Crippen MR) is 93.4 cm³/mol. The highest BCUT2D eigenvalue weighted by Gasteiger charge is 2.49. The van der Waals surface area contributed by atoms with Crippen LogP contribution in [0.25, 0.3) is 0 Å². The molecule has 2 atom stereocenters. The molecule has 0 aromatic rings. The van der Waals surface area contributed by atoms with Gasteiger partial charge in [0, 0.05) is 12.0 Å². The number of hydrogen-bond donors (Lipinski definition) is 1. The number of methoxy groups -OCH3 is 1. The van der Waals surface area contributed by atoms with Gasteiger partial charge in [-0.3, -0.25) is 23.4 Å². The highest BCUT2D eigenvalue weighted by Crippen LogP contribution is 2.57. The minimum atomic E-state index is -4.10. The van der Waals surface area contributed by atoms with Gasteiger partial charge in [-0.1, -0.05) is 13.8 Å². The van der Waals surface area contributed by atoms with Gasteiger partial charge >= 0.3 is 19.8 Å². The highest BCUT2D eigenvalue weighted by molar-refractivity contribution is 7.48. The fourth-order valence-corrected chi connectivity index (χ4v) is 3.45. The van der Waals surface area contributed by atoms with Crippen LogP contribution >= 0.6 is 7.82 Å². The molecule has 0 aromatic heterocycles. The van der Waals surface area contributed by atoms with Crippen molar-refractivity contribution in [1.82, 2.24) is 5.32 Å². The van der Waals surface area contributed by atoms with E-state index >= 15 is 0 Å². The van der Waals surface area contributed by atoms with Gasteiger partial charge in [-0.2, -0.15) is 0 Å². The first-order valence-corrected chi connectivity index (χ1v) is 9.86. The number of ether oxygens (including phenoxy) is 2. The van der Waals surface area contributed by atoms with Crippen LogP contribution in [0, 0.1) is 10.8 Å². The van der Waals surface area contributed by atoms with Gasteiger partial charge in [-0.25, -0.2) is 9.09 Å². The molecule has 1 aliphatic heterocycles. The van der Waals surface area contributed by atoms with E-state index < -0.39 is 49.4 Å². The Hall–Kier alpha value is -1.48. The number of rotatable bonds is 7. The molecule has 0 aliphatic carbocycles. The second-order valence-electron chi connectivity index (χ2n) is 7.74. The number of hydrogen-bond acceptors (Lipinski definition) is 9. The van der Waals surface area contributed by atoms with E-state index in [2.05, 4.69) is 10.1 Å². The predicted octanol–water partition coefficient (Wildman–Crippen LogP) is 1.78. The smallest absolute Gasteiger partial charge is 0.469 e. The quantitative estimate of drug-likeness (QED) is 0.380. The Morgan fingerprint density at radius 3 is 2.44 bits per heavy atom. The maximum atomic E-state index is 12.6. The fraction of sp³-hybridized carbons (Fsp3) is 0.812. The Morgan fingerprint density at radius 1 is 1.26 bits per heavy atom. The largest absolute Gasteiger partial charge is 0.478 e. The summed E-state index contributed by atoms with van der Waals surface area (Å²) in [7, 11) is -2.85. The summed E-state index contributed by atoms with van der Waals surface area (Å²) < 4.78 is 37.4. The molecule has 1 amide bonds. The Morgan fingerprint density at radius 2 is 1.89 bits per heavy atom. The van der Waals surface area contributed by atoms with Crippen LogP contribution in [-0.2, 0) is 42.0 Å². The first kappa shape index (κ1) is 23.6. The molecule has 10 nitrogen and oxygen atoms in total. The van der Waals surface area contributed by atoms with E-state index in [-0.39, 0.29) is 19.6 Å². The van der Waals surface area contributed by atoms with Crippen molar-refractivity contribution in [2.75, 3.05) is 27.1 Å². The Balaban J connectivity index is 2.65. The van der Waals surface area contributed by atoms with E-state index in [0.29, 0.717) is 0 Å². The van der Waals surface area contributed by atoms with Gasteiger partial charge in [-0.05, 0) is 20.8 Å². The van der Waals surface area contributed by atoms with Crippen molar-refractivity contribution in [2.45, 2.75) is 47.1 Å². The Kier molecular flexibility index (Phi) is 7.98. The van der Waals surface area contributed by atoms with Crippen molar-refractivity contribution < 1.29 is 42.0 Å². The number of phosphoric ester groups is 1. The molecule has 1 N–H and O–H groups in total. The average molecular weight is 409 g/mol. The molecule has 11 heteroatoms. The van der Waals surface area contributed by atoms with Crippen LogP contribution in [0.15, 0.2) is 0 Å². The summed E-state index contributed by atoms with van der Waals surface area (Å²) in [4.78, 5) is 35.2. The van der Waals surface area contributed by atoms with Crippen LogP contribution in [-0.4, -0.2) is 51.0 Å². The summed E-state index contributed by atoms with van der Waals surface area (Å²) in [5.41, 5.74) is -1.55. The lowest BCUT2D eigenvalue weighted by atomic mass is 9.87. The topological polar surface area (TPSA) is 126 Å². The standard InChI is InChI=1S/C16H28NO9P/c1-15(2,3)14(20)23-10-25-27(21)24-9-16(4,5)12(26-27)13(19)17-8-7-11(18)22-6/h12H,7-10H2,1-6H3,(H,17,19)/t12-,27-/m0/s1. The molecule has 0 spiro atoms. The molecule has 1 aliphatic rings. The van der Waals surface area contributed by atoms with E-state index in [9.17, 15) is 18.9 Å². The molecule has 0 radical (unpaired) electrons. The maximum Gasteiger partial charge on any atom is 0.478 e. The fourth-order valence-electron chi connectivity index (χ4n) is 1.94. The SMILES string of the molecule is COC(=O)CCNC(=O)[C@@H]1O[P@](=O)(OCOC(=O)C(C)(C)C)OCC1(C)C. The van der Waals surface area contributed by atoms with Crippen molar-refractivity contribution in [2.24, 2.45) is 10.8 Å². The molecular formula is C16H28NO9P. The molecule has 1 heterocycles. The van der Waals surface area contributed by atoms with Gasteiger partial charge in [0.15, 0.2) is 6.10 Å². The second-order valence-corrected chi connectivity index (χ2v) is 9.36. The molecule has 27 heavy (non-hydrogen) atoms. The van der Waals surface area contributed by atoms with E-state index in [1.807, 2.05) is 0 Å². The zero-order valence-corrected chi connectivity index (χ0v) is 17.4. The van der Waals surface area contributed by atoms with Crippen molar-refractivity contribution in [3.63, 3.8) is 0 Å². The lowest BCUT2D eigenvalue weighted by Crippen LogP contribution is -2.50. The summed E-state index contributed by atoms with van der Waals surface area (Å²) in [5.74, 6) is -1.59. The molecule has 1 saturated heterocycles. The Labute approximate surface area is 158 Å². The van der Waals surface area contributed by atoms with Gasteiger partial charge in [0.05, 0.1) is 25.6 Å². The summed E-state index contributed by atoms with van der Waals surface area (Å²) in [6, 6.07) is 0. The molecule has 0 aromatic carbocycles. The normalized spacial score (nSPS) is 24.7. The molecular weight excluding hydrogens is 381 g/mol. The van der Waals surface area contributed by atoms with Crippen molar-refractivity contribution in [3.05, 3.63) is 0 Å². The summed E-state index contributed by atoms with van der Waals surface area (Å²) in [6.07, 6.45) is -1.16. The van der Waals surface area contributed by atoms with Gasteiger partial charge < -0.3 is 14.8 Å². The summed E-state index contributed by atoms with van der Waals surface area (Å²) in [5, 5.41) is 2.52. The molecule has 156 valence electrons. The van der Waals surface area contributed by atoms with Crippen molar-refractivity contribution >= 4 is 25.7 Å². The first-order valence-electron chi connectivity index (χ1n) is 8.40. The first-order chi connectivity index (χ1) is 12.3. The minimum Gasteiger partial charge on any atom is -0.469 e. The zero-order valence-electron chi connectivity index (χ0n) is 16.5. The van der Waals surface area contributed by atoms with Crippen LogP contribution in [0.5, 0.6) is 0 Å². The third-order valence-corrected chi connectivity index (χ3v) is 4.98. The lowest BCUT2D eigenvalue weighted by molar-refractivity contribution is -0.163. The van der Waals surface area contributed by atoms with E-state index in [1.54, 1.807) is 34.6 Å². The summed E-state index contributed by atoms with van der Waals surface area (Å²) >= 11 is 0. The second kappa shape index (κ2) is 9.14. The van der Waals surface area contributed by atoms with E-state index in [4.69, 9.17) is 18.3 Å². The average Bonchev–Trinajstić information content (AvgIpc) is 2.56. The van der Waals surface area contributed by atoms with Crippen molar-refractivity contribution in [1.29, 1.82) is 0 Å². The monoisotopic (exact) mass is 409 g/mol. The Bertz CT molecular complexity index is 612. The van der Waals surface area contributed by atoms with Gasteiger partial charge in [-0.15, -0.1) is 0 Å². The number of phosphoric acid groups is 1.